The van der Waals surface area contributed by atoms with Crippen LogP contribution in [-0.2, 0) is 27.5 Å². The number of rotatable bonds is 8. The molecule has 1 spiro atoms. The minimum Gasteiger partial charge on any atom is -0.488 e. The first-order valence-corrected chi connectivity index (χ1v) is 15.6. The van der Waals surface area contributed by atoms with Gasteiger partial charge in [0.25, 0.3) is 0 Å². The molecule has 0 radical (unpaired) electrons. The van der Waals surface area contributed by atoms with Gasteiger partial charge < -0.3 is 14.4 Å². The van der Waals surface area contributed by atoms with Crippen LogP contribution in [0.3, 0.4) is 0 Å². The third-order valence-electron chi connectivity index (χ3n) is 8.87. The van der Waals surface area contributed by atoms with Crippen molar-refractivity contribution in [1.29, 1.82) is 0 Å². The average Bonchev–Trinajstić information content (AvgIpc) is 2.98. The van der Waals surface area contributed by atoms with Crippen LogP contribution in [0.2, 0.25) is 0 Å². The van der Waals surface area contributed by atoms with Gasteiger partial charge in [0, 0.05) is 62.8 Å². The molecule has 248 valence electrons. The molecule has 0 amide bonds. The number of nitrogens with zero attached hydrogens (tertiary/aromatic N) is 3. The Morgan fingerprint density at radius 1 is 1.13 bits per heavy atom. The maximum atomic E-state index is 14.5. The number of benzene rings is 1. The summed E-state index contributed by atoms with van der Waals surface area (Å²) >= 11 is 0. The highest BCUT2D eigenvalue weighted by atomic mass is 32.2. The van der Waals surface area contributed by atoms with Crippen LogP contribution in [0.5, 0.6) is 5.75 Å². The molecule has 45 heavy (non-hydrogen) atoms. The zero-order valence-corrected chi connectivity index (χ0v) is 25.5. The summed E-state index contributed by atoms with van der Waals surface area (Å²) in [5.74, 6) is -7.68. The number of halogens is 7. The molecule has 2 fully saturated rings. The maximum Gasteiger partial charge on any atom is 0.420 e. The Morgan fingerprint density at radius 3 is 2.38 bits per heavy atom. The van der Waals surface area contributed by atoms with Crippen LogP contribution < -0.4 is 9.64 Å². The largest absolute Gasteiger partial charge is 0.488 e. The van der Waals surface area contributed by atoms with Crippen LogP contribution in [0.4, 0.5) is 36.4 Å². The third kappa shape index (κ3) is 6.58. The number of hydrogen-bond donors (Lipinski definition) is 0. The van der Waals surface area contributed by atoms with Gasteiger partial charge in [0.2, 0.25) is 21.9 Å². The molecule has 5 rings (SSSR count). The van der Waals surface area contributed by atoms with Crippen molar-refractivity contribution in [2.75, 3.05) is 25.6 Å². The molecule has 0 bridgehead atoms. The Hall–Kier alpha value is -3.14. The number of alkyl halides is 7. The summed E-state index contributed by atoms with van der Waals surface area (Å²) in [5.41, 5.74) is -2.45. The first-order chi connectivity index (χ1) is 20.8. The van der Waals surface area contributed by atoms with Crippen molar-refractivity contribution < 1.29 is 53.4 Å². The number of esters is 1. The standard InChI is InChI=1S/C29H32F7N3O5S/c1-26(30,31)7-6-18-13-39(19-11-27(12-19)15-28(32,33)16-27)21-9-20(29(34,35)36)22(10-23(21)45(41,42)38(18)2)44-14-17-5-4-8-37-24(17)25(40)43-3/h4-5,8-10,18-19H,6-7,11-16H2,1-3H3/t18-/m1/s1. The van der Waals surface area contributed by atoms with Gasteiger partial charge in [-0.05, 0) is 43.7 Å². The molecule has 0 saturated heterocycles. The molecule has 2 heterocycles. The summed E-state index contributed by atoms with van der Waals surface area (Å²) in [6.07, 6.45) is -5.09. The highest BCUT2D eigenvalue weighted by Crippen LogP contribution is 2.64. The lowest BCUT2D eigenvalue weighted by atomic mass is 9.52. The van der Waals surface area contributed by atoms with E-state index < -0.39 is 80.7 Å². The summed E-state index contributed by atoms with van der Waals surface area (Å²) < 4.78 is 137. The van der Waals surface area contributed by atoms with Crippen molar-refractivity contribution >= 4 is 21.7 Å². The molecule has 2 saturated carbocycles. The van der Waals surface area contributed by atoms with Crippen molar-refractivity contribution in [2.45, 2.75) is 87.1 Å². The quantitative estimate of drug-likeness (QED) is 0.242. The molecule has 1 atom stereocenters. The second-order valence-corrected chi connectivity index (χ2v) is 14.3. The van der Waals surface area contributed by atoms with Gasteiger partial charge in [-0.2, -0.15) is 17.5 Å². The number of fused-ring (bicyclic) bond motifs is 1. The smallest absolute Gasteiger partial charge is 0.420 e. The molecule has 1 aliphatic heterocycles. The van der Waals surface area contributed by atoms with Gasteiger partial charge in [-0.1, -0.05) is 6.07 Å². The first kappa shape index (κ1) is 33.2. The van der Waals surface area contributed by atoms with E-state index in [4.69, 9.17) is 4.74 Å². The van der Waals surface area contributed by atoms with Crippen LogP contribution in [0, 0.1) is 5.41 Å². The lowest BCUT2D eigenvalue weighted by molar-refractivity contribution is -0.195. The topological polar surface area (TPSA) is 89.0 Å². The van der Waals surface area contributed by atoms with Gasteiger partial charge >= 0.3 is 12.1 Å². The molecule has 2 aromatic rings. The highest BCUT2D eigenvalue weighted by molar-refractivity contribution is 7.89. The highest BCUT2D eigenvalue weighted by Gasteiger charge is 2.63. The minimum absolute atomic E-state index is 0.0756. The van der Waals surface area contributed by atoms with E-state index >= 15 is 0 Å². The number of sulfonamides is 1. The zero-order chi connectivity index (χ0) is 33.2. The molecule has 0 unspecified atom stereocenters. The van der Waals surface area contributed by atoms with Gasteiger partial charge in [0.1, 0.15) is 17.3 Å². The fraction of sp³-hybridized carbons (Fsp3) is 0.586. The number of ether oxygens (including phenoxy) is 2. The minimum atomic E-state index is -5.03. The summed E-state index contributed by atoms with van der Waals surface area (Å²) in [6, 6.07) is 2.56. The zero-order valence-electron chi connectivity index (χ0n) is 24.6. The number of likely N-dealkylation sites (N-methyl/N-ethyl adjacent to an activating group) is 1. The maximum absolute atomic E-state index is 14.5. The second-order valence-electron chi connectivity index (χ2n) is 12.3. The van der Waals surface area contributed by atoms with Gasteiger partial charge in [-0.3, -0.25) is 0 Å². The van der Waals surface area contributed by atoms with E-state index in [0.29, 0.717) is 13.0 Å². The lowest BCUT2D eigenvalue weighted by Gasteiger charge is -2.60. The number of aromatic nitrogens is 1. The fourth-order valence-electron chi connectivity index (χ4n) is 6.64. The Balaban J connectivity index is 1.57. The van der Waals surface area contributed by atoms with Crippen molar-refractivity contribution in [3.05, 3.63) is 47.3 Å². The van der Waals surface area contributed by atoms with Crippen LogP contribution in [0.15, 0.2) is 35.4 Å². The molecule has 8 nitrogen and oxygen atoms in total. The SMILES string of the molecule is COC(=O)c1ncccc1COc1cc2c(cc1C(F)(F)F)N(C1CC3(C1)CC(F)(F)C3)C[C@@H](CCC(C)(F)F)N(C)S2(=O)=O. The summed E-state index contributed by atoms with van der Waals surface area (Å²) in [5, 5.41) is 0. The molecule has 3 aliphatic rings. The van der Waals surface area contributed by atoms with E-state index in [-0.39, 0.29) is 55.6 Å². The summed E-state index contributed by atoms with van der Waals surface area (Å²) in [4.78, 5) is 16.9. The third-order valence-corrected chi connectivity index (χ3v) is 10.8. The van der Waals surface area contributed by atoms with Crippen molar-refractivity contribution in [2.24, 2.45) is 5.41 Å². The Kier molecular flexibility index (Phi) is 8.33. The molecule has 2 aliphatic carbocycles. The van der Waals surface area contributed by atoms with Crippen molar-refractivity contribution in [3.63, 3.8) is 0 Å². The van der Waals surface area contributed by atoms with Crippen LogP contribution >= 0.6 is 0 Å². The van der Waals surface area contributed by atoms with Gasteiger partial charge in [0.15, 0.2) is 5.69 Å². The molecule has 16 heteroatoms. The van der Waals surface area contributed by atoms with E-state index in [1.165, 1.54) is 30.3 Å². The lowest BCUT2D eigenvalue weighted by Crippen LogP contribution is -2.61. The molecule has 1 aromatic heterocycles. The van der Waals surface area contributed by atoms with E-state index in [1.807, 2.05) is 0 Å². The van der Waals surface area contributed by atoms with E-state index in [9.17, 15) is 43.9 Å². The van der Waals surface area contributed by atoms with Crippen LogP contribution in [-0.4, -0.2) is 68.3 Å². The first-order valence-electron chi connectivity index (χ1n) is 14.2. The fourth-order valence-corrected chi connectivity index (χ4v) is 8.21. The van der Waals surface area contributed by atoms with Crippen LogP contribution in [0.25, 0.3) is 0 Å². The van der Waals surface area contributed by atoms with Crippen molar-refractivity contribution in [1.82, 2.24) is 9.29 Å². The van der Waals surface area contributed by atoms with E-state index in [1.54, 1.807) is 0 Å². The summed E-state index contributed by atoms with van der Waals surface area (Å²) in [7, 11) is -2.30. The Morgan fingerprint density at radius 2 is 1.80 bits per heavy atom. The van der Waals surface area contributed by atoms with E-state index in [2.05, 4.69) is 9.72 Å². The monoisotopic (exact) mass is 667 g/mol. The number of hydrogen-bond acceptors (Lipinski definition) is 7. The van der Waals surface area contributed by atoms with Gasteiger partial charge in [-0.25, -0.2) is 35.8 Å². The number of methoxy groups -OCH3 is 1. The molecular formula is C29H32F7N3O5S. The molecular weight excluding hydrogens is 635 g/mol. The summed E-state index contributed by atoms with van der Waals surface area (Å²) in [6.45, 7) is -0.136. The number of pyridine rings is 1. The Bertz CT molecular complexity index is 1560. The predicted molar refractivity (Wildman–Crippen MR) is 147 cm³/mol. The second kappa shape index (κ2) is 11.3. The predicted octanol–water partition coefficient (Wildman–Crippen LogP) is 6.29. The van der Waals surface area contributed by atoms with E-state index in [0.717, 1.165) is 17.5 Å². The average molecular weight is 668 g/mol. The number of carbonyl (C=O) groups excluding carboxylic acids is 1. The van der Waals surface area contributed by atoms with Crippen LogP contribution in [0.1, 0.15) is 67.1 Å². The molecule has 0 N–H and O–H groups in total. The number of anilines is 1. The van der Waals surface area contributed by atoms with Gasteiger partial charge in [0.05, 0.1) is 18.4 Å². The normalized spacial score (nSPS) is 22.6. The van der Waals surface area contributed by atoms with Crippen molar-refractivity contribution in [3.8, 4) is 5.75 Å². The number of carbonyl (C=O) groups is 1. The Labute approximate surface area is 255 Å². The molecule has 1 aromatic carbocycles. The van der Waals surface area contributed by atoms with Gasteiger partial charge in [-0.15, -0.1) is 0 Å².